The molecule has 2 amide bonds. The van der Waals surface area contributed by atoms with Gasteiger partial charge in [0.1, 0.15) is 5.54 Å². The predicted molar refractivity (Wildman–Crippen MR) is 54.2 cm³/mol. The standard InChI is InChI=1S/C9H19N3O2/c1-5(2)6(10)7(13)12-9(3,4)8(11)14/h5-6H,10H2,1-4H3,(H2,11,14)(H,12,13)/t6-/m1/s1. The number of carbonyl (C=O) groups is 2. The van der Waals surface area contributed by atoms with Gasteiger partial charge in [-0.05, 0) is 19.8 Å². The zero-order valence-corrected chi connectivity index (χ0v) is 9.13. The van der Waals surface area contributed by atoms with Crippen molar-refractivity contribution in [2.45, 2.75) is 39.3 Å². The molecule has 0 rings (SSSR count). The van der Waals surface area contributed by atoms with Crippen molar-refractivity contribution in [2.24, 2.45) is 17.4 Å². The van der Waals surface area contributed by atoms with E-state index in [-0.39, 0.29) is 11.8 Å². The molecule has 0 aliphatic heterocycles. The average Bonchev–Trinajstić information content (AvgIpc) is 2.01. The van der Waals surface area contributed by atoms with E-state index in [1.807, 2.05) is 13.8 Å². The lowest BCUT2D eigenvalue weighted by molar-refractivity contribution is -0.131. The summed E-state index contributed by atoms with van der Waals surface area (Å²) in [5.41, 5.74) is 9.65. The Labute approximate surface area is 84.2 Å². The number of nitrogens with one attached hydrogen (secondary N) is 1. The van der Waals surface area contributed by atoms with E-state index >= 15 is 0 Å². The Morgan fingerprint density at radius 2 is 1.71 bits per heavy atom. The predicted octanol–water partition coefficient (Wildman–Crippen LogP) is -0.650. The number of nitrogens with two attached hydrogens (primary N) is 2. The molecule has 0 heterocycles. The fraction of sp³-hybridized carbons (Fsp3) is 0.778. The van der Waals surface area contributed by atoms with E-state index < -0.39 is 17.5 Å². The smallest absolute Gasteiger partial charge is 0.242 e. The van der Waals surface area contributed by atoms with Crippen LogP contribution in [0.3, 0.4) is 0 Å². The summed E-state index contributed by atoms with van der Waals surface area (Å²) < 4.78 is 0. The van der Waals surface area contributed by atoms with Gasteiger partial charge in [-0.1, -0.05) is 13.8 Å². The van der Waals surface area contributed by atoms with Crippen molar-refractivity contribution in [1.82, 2.24) is 5.32 Å². The van der Waals surface area contributed by atoms with E-state index in [1.165, 1.54) is 0 Å². The summed E-state index contributed by atoms with van der Waals surface area (Å²) in [6.07, 6.45) is 0. The lowest BCUT2D eigenvalue weighted by atomic mass is 10.0. The van der Waals surface area contributed by atoms with Gasteiger partial charge in [0.15, 0.2) is 0 Å². The summed E-state index contributed by atoms with van der Waals surface area (Å²) in [4.78, 5) is 22.4. The maximum absolute atomic E-state index is 11.5. The van der Waals surface area contributed by atoms with Crippen LogP contribution in [0, 0.1) is 5.92 Å². The Kier molecular flexibility index (Phi) is 4.07. The highest BCUT2D eigenvalue weighted by atomic mass is 16.2. The first-order valence-corrected chi connectivity index (χ1v) is 4.56. The Morgan fingerprint density at radius 3 is 2.00 bits per heavy atom. The van der Waals surface area contributed by atoms with Crippen molar-refractivity contribution in [3.8, 4) is 0 Å². The monoisotopic (exact) mass is 201 g/mol. The van der Waals surface area contributed by atoms with Crippen LogP contribution in [0.5, 0.6) is 0 Å². The molecule has 0 radical (unpaired) electrons. The van der Waals surface area contributed by atoms with Crippen LogP contribution in [0.1, 0.15) is 27.7 Å². The van der Waals surface area contributed by atoms with Gasteiger partial charge in [0.05, 0.1) is 6.04 Å². The maximum atomic E-state index is 11.5. The Bertz CT molecular complexity index is 236. The van der Waals surface area contributed by atoms with Gasteiger partial charge in [0.25, 0.3) is 0 Å². The van der Waals surface area contributed by atoms with Crippen LogP contribution in [0.4, 0.5) is 0 Å². The van der Waals surface area contributed by atoms with Crippen LogP contribution in [-0.2, 0) is 9.59 Å². The van der Waals surface area contributed by atoms with Crippen LogP contribution in [0.25, 0.3) is 0 Å². The molecule has 5 heteroatoms. The van der Waals surface area contributed by atoms with E-state index in [9.17, 15) is 9.59 Å². The molecule has 0 fully saturated rings. The van der Waals surface area contributed by atoms with Crippen molar-refractivity contribution in [3.63, 3.8) is 0 Å². The maximum Gasteiger partial charge on any atom is 0.242 e. The number of primary amides is 1. The molecule has 0 aromatic carbocycles. The molecule has 0 spiro atoms. The number of amides is 2. The van der Waals surface area contributed by atoms with E-state index in [4.69, 9.17) is 11.5 Å². The number of rotatable bonds is 4. The Morgan fingerprint density at radius 1 is 1.29 bits per heavy atom. The van der Waals surface area contributed by atoms with Gasteiger partial charge in [0.2, 0.25) is 11.8 Å². The van der Waals surface area contributed by atoms with Crippen LogP contribution in [0.2, 0.25) is 0 Å². The summed E-state index contributed by atoms with van der Waals surface area (Å²) in [5.74, 6) is -0.913. The summed E-state index contributed by atoms with van der Waals surface area (Å²) in [5, 5.41) is 2.50. The van der Waals surface area contributed by atoms with Crippen molar-refractivity contribution < 1.29 is 9.59 Å². The van der Waals surface area contributed by atoms with Crippen molar-refractivity contribution in [1.29, 1.82) is 0 Å². The third-order valence-electron chi connectivity index (χ3n) is 2.07. The van der Waals surface area contributed by atoms with Crippen LogP contribution >= 0.6 is 0 Å². The molecule has 0 saturated heterocycles. The van der Waals surface area contributed by atoms with Gasteiger partial charge in [-0.3, -0.25) is 9.59 Å². The quantitative estimate of drug-likeness (QED) is 0.563. The van der Waals surface area contributed by atoms with Gasteiger partial charge >= 0.3 is 0 Å². The molecule has 0 aromatic heterocycles. The summed E-state index contributed by atoms with van der Waals surface area (Å²) in [7, 11) is 0. The average molecular weight is 201 g/mol. The second kappa shape index (κ2) is 4.41. The highest BCUT2D eigenvalue weighted by Gasteiger charge is 2.29. The summed E-state index contributed by atoms with van der Waals surface area (Å²) >= 11 is 0. The Hall–Kier alpha value is -1.10. The zero-order chi connectivity index (χ0) is 11.5. The SMILES string of the molecule is CC(C)[C@@H](N)C(=O)NC(C)(C)C(N)=O. The van der Waals surface area contributed by atoms with Gasteiger partial charge in [0, 0.05) is 0 Å². The summed E-state index contributed by atoms with van der Waals surface area (Å²) in [6.45, 7) is 6.75. The van der Waals surface area contributed by atoms with E-state index in [2.05, 4.69) is 5.32 Å². The van der Waals surface area contributed by atoms with E-state index in [0.29, 0.717) is 0 Å². The molecular weight excluding hydrogens is 182 g/mol. The van der Waals surface area contributed by atoms with Gasteiger partial charge in [-0.15, -0.1) is 0 Å². The fourth-order valence-corrected chi connectivity index (χ4v) is 0.756. The summed E-state index contributed by atoms with van der Waals surface area (Å²) in [6, 6.07) is -0.617. The fourth-order valence-electron chi connectivity index (χ4n) is 0.756. The first-order chi connectivity index (χ1) is 6.18. The normalized spacial score (nSPS) is 13.9. The third kappa shape index (κ3) is 3.33. The van der Waals surface area contributed by atoms with Crippen molar-refractivity contribution in [2.75, 3.05) is 0 Å². The molecule has 5 N–H and O–H groups in total. The van der Waals surface area contributed by atoms with Gasteiger partial charge in [-0.25, -0.2) is 0 Å². The van der Waals surface area contributed by atoms with Crippen molar-refractivity contribution in [3.05, 3.63) is 0 Å². The molecule has 1 atom stereocenters. The van der Waals surface area contributed by atoms with Crippen LogP contribution in [-0.4, -0.2) is 23.4 Å². The highest BCUT2D eigenvalue weighted by Crippen LogP contribution is 2.04. The highest BCUT2D eigenvalue weighted by molar-refractivity contribution is 5.91. The lowest BCUT2D eigenvalue weighted by Gasteiger charge is -2.25. The first kappa shape index (κ1) is 12.9. The molecule has 14 heavy (non-hydrogen) atoms. The molecule has 0 saturated carbocycles. The van der Waals surface area contributed by atoms with Crippen molar-refractivity contribution >= 4 is 11.8 Å². The minimum Gasteiger partial charge on any atom is -0.368 e. The van der Waals surface area contributed by atoms with Gasteiger partial charge in [-0.2, -0.15) is 0 Å². The second-order valence-electron chi connectivity index (χ2n) is 4.25. The Balaban J connectivity index is 4.40. The van der Waals surface area contributed by atoms with E-state index in [1.54, 1.807) is 13.8 Å². The van der Waals surface area contributed by atoms with Crippen LogP contribution in [0.15, 0.2) is 0 Å². The molecule has 0 bridgehead atoms. The molecule has 0 aliphatic carbocycles. The van der Waals surface area contributed by atoms with E-state index in [0.717, 1.165) is 0 Å². The zero-order valence-electron chi connectivity index (χ0n) is 9.13. The number of hydrogen-bond donors (Lipinski definition) is 3. The second-order valence-corrected chi connectivity index (χ2v) is 4.25. The van der Waals surface area contributed by atoms with Gasteiger partial charge < -0.3 is 16.8 Å². The molecular formula is C9H19N3O2. The molecule has 0 unspecified atom stereocenters. The third-order valence-corrected chi connectivity index (χ3v) is 2.07. The number of hydrogen-bond acceptors (Lipinski definition) is 3. The van der Waals surface area contributed by atoms with Crippen LogP contribution < -0.4 is 16.8 Å². The molecule has 82 valence electrons. The minimum absolute atomic E-state index is 0.0266. The minimum atomic E-state index is -1.05. The molecule has 0 aliphatic rings. The largest absolute Gasteiger partial charge is 0.368 e. The topological polar surface area (TPSA) is 98.2 Å². The molecule has 5 nitrogen and oxygen atoms in total. The first-order valence-electron chi connectivity index (χ1n) is 4.56. The number of carbonyl (C=O) groups excluding carboxylic acids is 2. The lowest BCUT2D eigenvalue weighted by Crippen LogP contribution is -2.57. The molecule has 0 aromatic rings.